The molecule has 2 N–H and O–H groups in total. The summed E-state index contributed by atoms with van der Waals surface area (Å²) in [7, 11) is 1.67. The molecule has 1 fully saturated rings. The van der Waals surface area contributed by atoms with E-state index in [-0.39, 0.29) is 5.91 Å². The highest BCUT2D eigenvalue weighted by molar-refractivity contribution is 5.76. The summed E-state index contributed by atoms with van der Waals surface area (Å²) in [6, 6.07) is 8.26. The minimum absolute atomic E-state index is 0.135. The van der Waals surface area contributed by atoms with Gasteiger partial charge in [-0.15, -0.1) is 0 Å². The van der Waals surface area contributed by atoms with Crippen molar-refractivity contribution < 1.29 is 9.53 Å². The molecule has 1 aromatic carbocycles. The summed E-state index contributed by atoms with van der Waals surface area (Å²) in [4.78, 5) is 12.0. The molecule has 1 aromatic rings. The zero-order chi connectivity index (χ0) is 15.1. The largest absolute Gasteiger partial charge is 0.496 e. The summed E-state index contributed by atoms with van der Waals surface area (Å²) in [5.41, 5.74) is 1.13. The van der Waals surface area contributed by atoms with Crippen LogP contribution >= 0.6 is 0 Å². The second-order valence-corrected chi connectivity index (χ2v) is 5.80. The lowest BCUT2D eigenvalue weighted by Gasteiger charge is -2.29. The average Bonchev–Trinajstić information content (AvgIpc) is 2.50. The van der Waals surface area contributed by atoms with E-state index in [0.717, 1.165) is 24.3 Å². The first kappa shape index (κ1) is 15.8. The summed E-state index contributed by atoms with van der Waals surface area (Å²) < 4.78 is 5.32. The van der Waals surface area contributed by atoms with Gasteiger partial charge in [-0.25, -0.2) is 0 Å². The Morgan fingerprint density at radius 3 is 3.00 bits per heavy atom. The van der Waals surface area contributed by atoms with Gasteiger partial charge >= 0.3 is 0 Å². The van der Waals surface area contributed by atoms with Crippen LogP contribution in [-0.4, -0.2) is 32.1 Å². The fourth-order valence-electron chi connectivity index (χ4n) is 2.91. The molecule has 2 atom stereocenters. The fourth-order valence-corrected chi connectivity index (χ4v) is 2.91. The van der Waals surface area contributed by atoms with E-state index in [1.165, 1.54) is 12.8 Å². The smallest absolute Gasteiger partial charge is 0.221 e. The minimum atomic E-state index is 0.135. The van der Waals surface area contributed by atoms with Crippen molar-refractivity contribution in [3.05, 3.63) is 29.8 Å². The Morgan fingerprint density at radius 2 is 2.24 bits per heavy atom. The zero-order valence-corrected chi connectivity index (χ0v) is 13.0. The molecule has 0 aliphatic carbocycles. The maximum absolute atomic E-state index is 12.0. The van der Waals surface area contributed by atoms with E-state index in [9.17, 15) is 4.79 Å². The van der Waals surface area contributed by atoms with Crippen molar-refractivity contribution in [2.75, 3.05) is 20.2 Å². The summed E-state index contributed by atoms with van der Waals surface area (Å²) >= 11 is 0. The Labute approximate surface area is 127 Å². The van der Waals surface area contributed by atoms with Crippen molar-refractivity contribution in [1.82, 2.24) is 10.6 Å². The van der Waals surface area contributed by atoms with E-state index in [1.54, 1.807) is 7.11 Å². The highest BCUT2D eigenvalue weighted by Gasteiger charge is 2.22. The molecule has 0 radical (unpaired) electrons. The second kappa shape index (κ2) is 8.03. The molecular weight excluding hydrogens is 264 g/mol. The van der Waals surface area contributed by atoms with Crippen LogP contribution in [0.4, 0.5) is 0 Å². The molecule has 0 spiro atoms. The molecule has 2 rings (SSSR count). The molecule has 21 heavy (non-hydrogen) atoms. The number of amides is 1. The summed E-state index contributed by atoms with van der Waals surface area (Å²) in [6.45, 7) is 3.91. The van der Waals surface area contributed by atoms with Gasteiger partial charge in [0, 0.05) is 19.0 Å². The number of methoxy groups -OCH3 is 1. The summed E-state index contributed by atoms with van der Waals surface area (Å²) in [5.74, 6) is 1.60. The summed E-state index contributed by atoms with van der Waals surface area (Å²) in [6.07, 6.45) is 3.80. The van der Waals surface area contributed by atoms with Gasteiger partial charge in [0.1, 0.15) is 5.75 Å². The van der Waals surface area contributed by atoms with E-state index < -0.39 is 0 Å². The van der Waals surface area contributed by atoms with Gasteiger partial charge in [-0.1, -0.05) is 25.1 Å². The van der Waals surface area contributed by atoms with Crippen LogP contribution in [0.1, 0.15) is 31.7 Å². The van der Waals surface area contributed by atoms with Crippen LogP contribution in [0.15, 0.2) is 24.3 Å². The quantitative estimate of drug-likeness (QED) is 0.844. The number of para-hydroxylation sites is 1. The Balaban J connectivity index is 1.74. The molecular formula is C17H26N2O2. The molecule has 4 heteroatoms. The Bertz CT molecular complexity index is 462. The van der Waals surface area contributed by atoms with Gasteiger partial charge < -0.3 is 15.4 Å². The monoisotopic (exact) mass is 290 g/mol. The number of carbonyl (C=O) groups is 1. The first-order chi connectivity index (χ1) is 10.2. The lowest BCUT2D eigenvalue weighted by molar-refractivity contribution is -0.121. The van der Waals surface area contributed by atoms with Crippen molar-refractivity contribution in [3.63, 3.8) is 0 Å². The molecule has 1 aliphatic rings. The van der Waals surface area contributed by atoms with E-state index in [2.05, 4.69) is 17.6 Å². The maximum atomic E-state index is 12.0. The third kappa shape index (κ3) is 4.74. The van der Waals surface area contributed by atoms with Gasteiger partial charge in [0.2, 0.25) is 5.91 Å². The Morgan fingerprint density at radius 1 is 1.43 bits per heavy atom. The maximum Gasteiger partial charge on any atom is 0.221 e. The number of rotatable bonds is 6. The molecule has 0 saturated carbocycles. The van der Waals surface area contributed by atoms with Crippen LogP contribution < -0.4 is 15.4 Å². The number of ether oxygens (including phenoxy) is 1. The van der Waals surface area contributed by atoms with E-state index in [1.807, 2.05) is 24.3 Å². The van der Waals surface area contributed by atoms with Crippen LogP contribution in [0.5, 0.6) is 5.75 Å². The van der Waals surface area contributed by atoms with Crippen LogP contribution in [0.3, 0.4) is 0 Å². The molecule has 116 valence electrons. The molecule has 2 unspecified atom stereocenters. The van der Waals surface area contributed by atoms with Gasteiger partial charge in [-0.05, 0) is 43.4 Å². The topological polar surface area (TPSA) is 50.4 Å². The van der Waals surface area contributed by atoms with Gasteiger partial charge in [0.15, 0.2) is 0 Å². The minimum Gasteiger partial charge on any atom is -0.496 e. The number of nitrogens with one attached hydrogen (secondary N) is 2. The van der Waals surface area contributed by atoms with Gasteiger partial charge in [0.25, 0.3) is 0 Å². The van der Waals surface area contributed by atoms with E-state index in [4.69, 9.17) is 4.74 Å². The third-order valence-electron chi connectivity index (χ3n) is 4.24. The first-order valence-electron chi connectivity index (χ1n) is 7.82. The molecule has 0 bridgehead atoms. The summed E-state index contributed by atoms with van der Waals surface area (Å²) in [5, 5.41) is 6.46. The van der Waals surface area contributed by atoms with Crippen molar-refractivity contribution in [2.45, 2.75) is 38.6 Å². The zero-order valence-electron chi connectivity index (χ0n) is 13.0. The van der Waals surface area contributed by atoms with Gasteiger partial charge in [0.05, 0.1) is 7.11 Å². The molecule has 1 saturated heterocycles. The number of benzene rings is 1. The van der Waals surface area contributed by atoms with Crippen LogP contribution in [0.25, 0.3) is 0 Å². The van der Waals surface area contributed by atoms with Crippen LogP contribution in [-0.2, 0) is 11.2 Å². The SMILES string of the molecule is COc1ccccc1CCNC(=O)CC1NCCCC1C. The molecule has 0 aromatic heterocycles. The number of piperidine rings is 1. The lowest BCUT2D eigenvalue weighted by Crippen LogP contribution is -2.43. The molecule has 4 nitrogen and oxygen atoms in total. The third-order valence-corrected chi connectivity index (χ3v) is 4.24. The van der Waals surface area contributed by atoms with E-state index in [0.29, 0.717) is 24.9 Å². The second-order valence-electron chi connectivity index (χ2n) is 5.80. The van der Waals surface area contributed by atoms with E-state index >= 15 is 0 Å². The van der Waals surface area contributed by atoms with Crippen molar-refractivity contribution >= 4 is 5.91 Å². The van der Waals surface area contributed by atoms with Crippen molar-refractivity contribution in [3.8, 4) is 5.75 Å². The Kier molecular flexibility index (Phi) is 6.05. The lowest BCUT2D eigenvalue weighted by atomic mass is 9.90. The number of hydrogen-bond donors (Lipinski definition) is 2. The predicted octanol–water partition coefficient (Wildman–Crippen LogP) is 2.13. The molecule has 1 aliphatic heterocycles. The normalized spacial score (nSPS) is 21.8. The average molecular weight is 290 g/mol. The van der Waals surface area contributed by atoms with Crippen LogP contribution in [0.2, 0.25) is 0 Å². The number of hydrogen-bond acceptors (Lipinski definition) is 3. The highest BCUT2D eigenvalue weighted by atomic mass is 16.5. The highest BCUT2D eigenvalue weighted by Crippen LogP contribution is 2.18. The Hall–Kier alpha value is -1.55. The predicted molar refractivity (Wildman–Crippen MR) is 84.5 cm³/mol. The van der Waals surface area contributed by atoms with Gasteiger partial charge in [-0.3, -0.25) is 4.79 Å². The standard InChI is InChI=1S/C17H26N2O2/c1-13-6-5-10-18-15(13)12-17(20)19-11-9-14-7-3-4-8-16(14)21-2/h3-4,7-8,13,15,18H,5-6,9-12H2,1-2H3,(H,19,20). The number of carbonyl (C=O) groups excluding carboxylic acids is 1. The van der Waals surface area contributed by atoms with Crippen molar-refractivity contribution in [1.29, 1.82) is 0 Å². The molecule has 1 amide bonds. The van der Waals surface area contributed by atoms with Crippen LogP contribution in [0, 0.1) is 5.92 Å². The van der Waals surface area contributed by atoms with Crippen molar-refractivity contribution in [2.24, 2.45) is 5.92 Å². The van der Waals surface area contributed by atoms with Gasteiger partial charge in [-0.2, -0.15) is 0 Å². The molecule has 1 heterocycles. The fraction of sp³-hybridized carbons (Fsp3) is 0.588. The first-order valence-corrected chi connectivity index (χ1v) is 7.82.